The zero-order valence-corrected chi connectivity index (χ0v) is 14.3. The molecule has 1 aliphatic rings. The van der Waals surface area contributed by atoms with Crippen LogP contribution in [0.4, 0.5) is 11.5 Å². The number of hydrogen-bond acceptors (Lipinski definition) is 4. The van der Waals surface area contributed by atoms with E-state index in [4.69, 9.17) is 0 Å². The second-order valence-electron chi connectivity index (χ2n) is 6.25. The van der Waals surface area contributed by atoms with E-state index in [-0.39, 0.29) is 11.9 Å². The Morgan fingerprint density at radius 2 is 1.92 bits per heavy atom. The van der Waals surface area contributed by atoms with Gasteiger partial charge in [0.15, 0.2) is 0 Å². The fourth-order valence-corrected chi connectivity index (χ4v) is 3.01. The van der Waals surface area contributed by atoms with Crippen molar-refractivity contribution in [2.45, 2.75) is 19.9 Å². The zero-order valence-electron chi connectivity index (χ0n) is 14.3. The fraction of sp³-hybridized carbons (Fsp3) is 0.368. The van der Waals surface area contributed by atoms with Crippen LogP contribution in [0.3, 0.4) is 0 Å². The van der Waals surface area contributed by atoms with E-state index in [2.05, 4.69) is 20.1 Å². The fourth-order valence-electron chi connectivity index (χ4n) is 3.01. The molecule has 2 aromatic rings. The number of rotatable bonds is 4. The third-order valence-corrected chi connectivity index (χ3v) is 4.50. The Kier molecular flexibility index (Phi) is 5.11. The minimum Gasteiger partial charge on any atom is -0.354 e. The second kappa shape index (κ2) is 7.45. The molecular weight excluding hydrogens is 300 g/mol. The molecule has 3 rings (SSSR count). The standard InChI is InChI=1S/C19H24N4O/c1-15-6-5-7-17(14-15)21-19(24)16(2)22-10-12-23(13-11-22)18-8-3-4-9-20-18/h3-9,14,16H,10-13H2,1-2H3,(H,21,24)/t16-/m1/s1. The predicted molar refractivity (Wildman–Crippen MR) is 97.3 cm³/mol. The van der Waals surface area contributed by atoms with Gasteiger partial charge in [0.25, 0.3) is 0 Å². The summed E-state index contributed by atoms with van der Waals surface area (Å²) >= 11 is 0. The summed E-state index contributed by atoms with van der Waals surface area (Å²) in [5.74, 6) is 1.06. The van der Waals surface area contributed by atoms with E-state index in [9.17, 15) is 4.79 Å². The molecular formula is C19H24N4O. The molecule has 5 heteroatoms. The number of carbonyl (C=O) groups is 1. The van der Waals surface area contributed by atoms with Crippen LogP contribution in [0.1, 0.15) is 12.5 Å². The maximum Gasteiger partial charge on any atom is 0.241 e. The Hall–Kier alpha value is -2.40. The third-order valence-electron chi connectivity index (χ3n) is 4.50. The lowest BCUT2D eigenvalue weighted by Crippen LogP contribution is -2.53. The highest BCUT2D eigenvalue weighted by atomic mass is 16.2. The molecule has 1 aromatic heterocycles. The summed E-state index contributed by atoms with van der Waals surface area (Å²) < 4.78 is 0. The topological polar surface area (TPSA) is 48.5 Å². The molecule has 0 aliphatic carbocycles. The minimum absolute atomic E-state index is 0.0480. The van der Waals surface area contributed by atoms with Crippen molar-refractivity contribution < 1.29 is 4.79 Å². The number of aromatic nitrogens is 1. The smallest absolute Gasteiger partial charge is 0.241 e. The van der Waals surface area contributed by atoms with Crippen LogP contribution in [0.15, 0.2) is 48.7 Å². The molecule has 126 valence electrons. The second-order valence-corrected chi connectivity index (χ2v) is 6.25. The number of piperazine rings is 1. The number of hydrogen-bond donors (Lipinski definition) is 1. The Labute approximate surface area is 143 Å². The van der Waals surface area contributed by atoms with Gasteiger partial charge in [-0.25, -0.2) is 4.98 Å². The van der Waals surface area contributed by atoms with E-state index in [1.807, 2.05) is 62.5 Å². The van der Waals surface area contributed by atoms with Crippen molar-refractivity contribution in [2.24, 2.45) is 0 Å². The van der Waals surface area contributed by atoms with Gasteiger partial charge in [0.2, 0.25) is 5.91 Å². The third kappa shape index (κ3) is 3.92. The Bertz CT molecular complexity index is 681. The lowest BCUT2D eigenvalue weighted by Gasteiger charge is -2.37. The van der Waals surface area contributed by atoms with Gasteiger partial charge in [-0.3, -0.25) is 9.69 Å². The van der Waals surface area contributed by atoms with Crippen molar-refractivity contribution in [3.05, 3.63) is 54.2 Å². The lowest BCUT2D eigenvalue weighted by molar-refractivity contribution is -0.120. The molecule has 0 saturated carbocycles. The first-order chi connectivity index (χ1) is 11.6. The molecule has 1 saturated heterocycles. The molecule has 5 nitrogen and oxygen atoms in total. The first kappa shape index (κ1) is 16.5. The summed E-state index contributed by atoms with van der Waals surface area (Å²) in [6.07, 6.45) is 1.82. The molecule has 1 atom stereocenters. The van der Waals surface area contributed by atoms with Crippen molar-refractivity contribution >= 4 is 17.4 Å². The van der Waals surface area contributed by atoms with Gasteiger partial charge in [0.05, 0.1) is 6.04 Å². The lowest BCUT2D eigenvalue weighted by atomic mass is 10.2. The summed E-state index contributed by atoms with van der Waals surface area (Å²) in [5, 5.41) is 3.02. The van der Waals surface area contributed by atoms with E-state index in [1.165, 1.54) is 0 Å². The largest absolute Gasteiger partial charge is 0.354 e. The SMILES string of the molecule is Cc1cccc(NC(=O)[C@@H](C)N2CCN(c3ccccn3)CC2)c1. The van der Waals surface area contributed by atoms with Crippen LogP contribution in [0, 0.1) is 6.92 Å². The summed E-state index contributed by atoms with van der Waals surface area (Å²) in [5.41, 5.74) is 2.00. The van der Waals surface area contributed by atoms with Gasteiger partial charge < -0.3 is 10.2 Å². The normalized spacial score (nSPS) is 16.7. The molecule has 1 aromatic carbocycles. The summed E-state index contributed by atoms with van der Waals surface area (Å²) in [6, 6.07) is 13.7. The number of nitrogens with one attached hydrogen (secondary N) is 1. The average Bonchev–Trinajstić information content (AvgIpc) is 2.62. The van der Waals surface area contributed by atoms with Crippen molar-refractivity contribution in [1.82, 2.24) is 9.88 Å². The molecule has 0 bridgehead atoms. The van der Waals surface area contributed by atoms with Crippen LogP contribution < -0.4 is 10.2 Å². The number of benzene rings is 1. The minimum atomic E-state index is -0.142. The average molecular weight is 324 g/mol. The molecule has 1 N–H and O–H groups in total. The number of amides is 1. The van der Waals surface area contributed by atoms with Crippen molar-refractivity contribution in [1.29, 1.82) is 0 Å². The number of aryl methyl sites for hydroxylation is 1. The van der Waals surface area contributed by atoms with E-state index in [0.717, 1.165) is 43.2 Å². The van der Waals surface area contributed by atoms with Gasteiger partial charge >= 0.3 is 0 Å². The Morgan fingerprint density at radius 1 is 1.12 bits per heavy atom. The Morgan fingerprint density at radius 3 is 2.58 bits per heavy atom. The van der Waals surface area contributed by atoms with E-state index in [1.54, 1.807) is 0 Å². The first-order valence-corrected chi connectivity index (χ1v) is 8.41. The Balaban J connectivity index is 1.55. The van der Waals surface area contributed by atoms with Crippen molar-refractivity contribution in [3.63, 3.8) is 0 Å². The molecule has 0 spiro atoms. The van der Waals surface area contributed by atoms with Crippen LogP contribution in [0.5, 0.6) is 0 Å². The molecule has 1 fully saturated rings. The molecule has 1 aliphatic heterocycles. The maximum absolute atomic E-state index is 12.5. The molecule has 24 heavy (non-hydrogen) atoms. The first-order valence-electron chi connectivity index (χ1n) is 8.41. The number of carbonyl (C=O) groups excluding carboxylic acids is 1. The van der Waals surface area contributed by atoms with Crippen molar-refractivity contribution in [2.75, 3.05) is 36.4 Å². The van der Waals surface area contributed by atoms with Crippen LogP contribution >= 0.6 is 0 Å². The summed E-state index contributed by atoms with van der Waals surface area (Å²) in [6.45, 7) is 7.49. The van der Waals surface area contributed by atoms with Gasteiger partial charge in [-0.15, -0.1) is 0 Å². The van der Waals surface area contributed by atoms with E-state index < -0.39 is 0 Å². The number of pyridine rings is 1. The van der Waals surface area contributed by atoms with E-state index >= 15 is 0 Å². The number of nitrogens with zero attached hydrogens (tertiary/aromatic N) is 3. The van der Waals surface area contributed by atoms with Crippen LogP contribution in [-0.2, 0) is 4.79 Å². The molecule has 1 amide bonds. The monoisotopic (exact) mass is 324 g/mol. The molecule has 2 heterocycles. The van der Waals surface area contributed by atoms with Crippen LogP contribution in [0.2, 0.25) is 0 Å². The van der Waals surface area contributed by atoms with E-state index in [0.29, 0.717) is 0 Å². The van der Waals surface area contributed by atoms with Gasteiger partial charge in [-0.1, -0.05) is 18.2 Å². The predicted octanol–water partition coefficient (Wildman–Crippen LogP) is 2.54. The quantitative estimate of drug-likeness (QED) is 0.939. The zero-order chi connectivity index (χ0) is 16.9. The van der Waals surface area contributed by atoms with Gasteiger partial charge in [-0.2, -0.15) is 0 Å². The summed E-state index contributed by atoms with van der Waals surface area (Å²) in [4.78, 5) is 21.4. The van der Waals surface area contributed by atoms with Gasteiger partial charge in [0.1, 0.15) is 5.82 Å². The van der Waals surface area contributed by atoms with Crippen LogP contribution in [0.25, 0.3) is 0 Å². The number of anilines is 2. The highest BCUT2D eigenvalue weighted by molar-refractivity contribution is 5.94. The molecule has 0 unspecified atom stereocenters. The summed E-state index contributed by atoms with van der Waals surface area (Å²) in [7, 11) is 0. The van der Waals surface area contributed by atoms with Crippen molar-refractivity contribution in [3.8, 4) is 0 Å². The van der Waals surface area contributed by atoms with Gasteiger partial charge in [0, 0.05) is 38.1 Å². The maximum atomic E-state index is 12.5. The highest BCUT2D eigenvalue weighted by Gasteiger charge is 2.26. The molecule has 0 radical (unpaired) electrons. The van der Waals surface area contributed by atoms with Crippen LogP contribution in [-0.4, -0.2) is 48.0 Å². The van der Waals surface area contributed by atoms with Gasteiger partial charge in [-0.05, 0) is 43.7 Å². The highest BCUT2D eigenvalue weighted by Crippen LogP contribution is 2.15.